The third kappa shape index (κ3) is 4.46. The second-order valence-corrected chi connectivity index (χ2v) is 5.84. The van der Waals surface area contributed by atoms with Crippen LogP contribution in [0.5, 0.6) is 0 Å². The van der Waals surface area contributed by atoms with Crippen LogP contribution in [0.1, 0.15) is 26.4 Å². The van der Waals surface area contributed by atoms with Crippen molar-refractivity contribution in [1.29, 1.82) is 0 Å². The van der Waals surface area contributed by atoms with E-state index in [0.717, 1.165) is 0 Å². The topological polar surface area (TPSA) is 68.3 Å². The first-order chi connectivity index (χ1) is 12.6. The molecule has 26 heavy (non-hydrogen) atoms. The summed E-state index contributed by atoms with van der Waals surface area (Å²) in [4.78, 5) is 28.9. The maximum Gasteiger partial charge on any atom is 0.340 e. The van der Waals surface area contributed by atoms with Crippen LogP contribution in [0.3, 0.4) is 0 Å². The molecule has 0 saturated heterocycles. The molecule has 2 aromatic carbocycles. The molecule has 0 aliphatic carbocycles. The average molecular weight is 367 g/mol. The Morgan fingerprint density at radius 3 is 2.42 bits per heavy atom. The highest BCUT2D eigenvalue weighted by Crippen LogP contribution is 2.18. The van der Waals surface area contributed by atoms with Crippen LogP contribution in [0.2, 0.25) is 5.02 Å². The van der Waals surface area contributed by atoms with Crippen molar-refractivity contribution < 1.29 is 14.3 Å². The lowest BCUT2D eigenvalue weighted by atomic mass is 10.1. The average Bonchev–Trinajstić information content (AvgIpc) is 2.68. The predicted octanol–water partition coefficient (Wildman–Crippen LogP) is 4.34. The van der Waals surface area contributed by atoms with Gasteiger partial charge in [0, 0.05) is 16.8 Å². The summed E-state index contributed by atoms with van der Waals surface area (Å²) < 4.78 is 5.29. The van der Waals surface area contributed by atoms with Gasteiger partial charge in [0.1, 0.15) is 6.61 Å². The fraction of sp³-hybridized carbons (Fsp3) is 0.0500. The van der Waals surface area contributed by atoms with E-state index in [1.165, 1.54) is 0 Å². The van der Waals surface area contributed by atoms with Gasteiger partial charge < -0.3 is 10.1 Å². The summed E-state index contributed by atoms with van der Waals surface area (Å²) in [6.45, 7) is 0.0547. The summed E-state index contributed by atoms with van der Waals surface area (Å²) >= 11 is 5.83. The van der Waals surface area contributed by atoms with E-state index in [4.69, 9.17) is 16.3 Å². The maximum absolute atomic E-state index is 12.4. The number of amides is 1. The Balaban J connectivity index is 1.72. The molecule has 6 heteroatoms. The lowest BCUT2D eigenvalue weighted by Gasteiger charge is -2.11. The normalized spacial score (nSPS) is 10.2. The monoisotopic (exact) mass is 366 g/mol. The fourth-order valence-corrected chi connectivity index (χ4v) is 2.39. The Bertz CT molecular complexity index is 912. The van der Waals surface area contributed by atoms with E-state index in [-0.39, 0.29) is 18.1 Å². The van der Waals surface area contributed by atoms with Gasteiger partial charge in [0.05, 0.1) is 16.9 Å². The van der Waals surface area contributed by atoms with Crippen LogP contribution in [0.15, 0.2) is 72.9 Å². The van der Waals surface area contributed by atoms with Gasteiger partial charge in [-0.05, 0) is 48.5 Å². The number of nitrogens with one attached hydrogen (secondary N) is 1. The lowest BCUT2D eigenvalue weighted by Crippen LogP contribution is -2.16. The summed E-state index contributed by atoms with van der Waals surface area (Å²) in [7, 11) is 0. The molecule has 0 bridgehead atoms. The van der Waals surface area contributed by atoms with Gasteiger partial charge in [-0.15, -0.1) is 0 Å². The first-order valence-corrected chi connectivity index (χ1v) is 8.24. The minimum atomic E-state index is -0.539. The van der Waals surface area contributed by atoms with E-state index in [1.54, 1.807) is 66.9 Å². The molecular weight excluding hydrogens is 352 g/mol. The highest BCUT2D eigenvalue weighted by Gasteiger charge is 2.15. The van der Waals surface area contributed by atoms with Crippen molar-refractivity contribution in [3.63, 3.8) is 0 Å². The molecule has 0 radical (unpaired) electrons. The Labute approximate surface area is 155 Å². The molecule has 0 unspecified atom stereocenters. The minimum absolute atomic E-state index is 0.0547. The van der Waals surface area contributed by atoms with Gasteiger partial charge in [0.15, 0.2) is 0 Å². The highest BCUT2D eigenvalue weighted by atomic mass is 35.5. The Hall–Kier alpha value is -3.18. The van der Waals surface area contributed by atoms with E-state index < -0.39 is 5.97 Å². The fourth-order valence-electron chi connectivity index (χ4n) is 2.27. The zero-order chi connectivity index (χ0) is 18.4. The zero-order valence-electron chi connectivity index (χ0n) is 13.7. The molecule has 0 saturated carbocycles. The number of carbonyl (C=O) groups is 2. The van der Waals surface area contributed by atoms with Crippen molar-refractivity contribution in [3.05, 3.63) is 94.8 Å². The van der Waals surface area contributed by atoms with Crippen LogP contribution in [-0.2, 0) is 11.3 Å². The molecule has 0 aliphatic heterocycles. The Morgan fingerprint density at radius 2 is 1.69 bits per heavy atom. The smallest absolute Gasteiger partial charge is 0.340 e. The molecule has 3 aromatic rings. The molecule has 3 rings (SSSR count). The predicted molar refractivity (Wildman–Crippen MR) is 99.2 cm³/mol. The molecule has 0 aliphatic rings. The number of rotatable bonds is 5. The Kier molecular flexibility index (Phi) is 5.61. The van der Waals surface area contributed by atoms with Gasteiger partial charge in [-0.3, -0.25) is 9.78 Å². The third-order valence-corrected chi connectivity index (χ3v) is 3.83. The zero-order valence-corrected chi connectivity index (χ0v) is 14.4. The number of aromatic nitrogens is 1. The molecule has 0 fully saturated rings. The van der Waals surface area contributed by atoms with Crippen LogP contribution < -0.4 is 5.32 Å². The number of carbonyl (C=O) groups excluding carboxylic acids is 2. The molecule has 1 heterocycles. The van der Waals surface area contributed by atoms with Crippen molar-refractivity contribution in [2.24, 2.45) is 0 Å². The summed E-state index contributed by atoms with van der Waals surface area (Å²) in [5.41, 5.74) is 1.72. The number of benzene rings is 2. The molecular formula is C20H15ClN2O3. The van der Waals surface area contributed by atoms with Gasteiger partial charge in [0.2, 0.25) is 0 Å². The Morgan fingerprint density at radius 1 is 0.962 bits per heavy atom. The number of anilines is 1. The minimum Gasteiger partial charge on any atom is -0.456 e. The highest BCUT2D eigenvalue weighted by molar-refractivity contribution is 6.30. The van der Waals surface area contributed by atoms with Crippen LogP contribution >= 0.6 is 11.6 Å². The summed E-state index contributed by atoms with van der Waals surface area (Å²) in [6.07, 6.45) is 1.63. The van der Waals surface area contributed by atoms with Gasteiger partial charge in [-0.1, -0.05) is 29.8 Å². The van der Waals surface area contributed by atoms with Crippen molar-refractivity contribution in [2.45, 2.75) is 6.61 Å². The summed E-state index contributed by atoms with van der Waals surface area (Å²) in [5.74, 6) is -0.880. The molecule has 1 amide bonds. The van der Waals surface area contributed by atoms with Crippen LogP contribution in [-0.4, -0.2) is 16.9 Å². The maximum atomic E-state index is 12.4. The summed E-state index contributed by atoms with van der Waals surface area (Å²) in [5, 5.41) is 3.27. The van der Waals surface area contributed by atoms with Gasteiger partial charge >= 0.3 is 5.97 Å². The number of para-hydroxylation sites is 1. The number of esters is 1. The van der Waals surface area contributed by atoms with Crippen molar-refractivity contribution in [1.82, 2.24) is 4.98 Å². The third-order valence-electron chi connectivity index (χ3n) is 3.58. The summed E-state index contributed by atoms with van der Waals surface area (Å²) in [6, 6.07) is 18.5. The number of hydrogen-bond donors (Lipinski definition) is 1. The van der Waals surface area contributed by atoms with E-state index in [2.05, 4.69) is 10.3 Å². The second kappa shape index (κ2) is 8.27. The second-order valence-electron chi connectivity index (χ2n) is 5.40. The molecule has 0 spiro atoms. The van der Waals surface area contributed by atoms with Gasteiger partial charge in [0.25, 0.3) is 5.91 Å². The van der Waals surface area contributed by atoms with Crippen LogP contribution in [0, 0.1) is 0 Å². The standard InChI is InChI=1S/C20H15ClN2O3/c21-15-10-8-14(9-11-15)19(24)23-18-7-2-1-6-17(18)20(25)26-13-16-5-3-4-12-22-16/h1-12H,13H2,(H,23,24). The number of halogens is 1. The van der Waals surface area contributed by atoms with E-state index in [1.807, 2.05) is 6.07 Å². The number of pyridine rings is 1. The molecule has 130 valence electrons. The lowest BCUT2D eigenvalue weighted by molar-refractivity contribution is 0.0469. The molecule has 5 nitrogen and oxygen atoms in total. The van der Waals surface area contributed by atoms with Gasteiger partial charge in [-0.2, -0.15) is 0 Å². The van der Waals surface area contributed by atoms with Crippen molar-refractivity contribution in [3.8, 4) is 0 Å². The van der Waals surface area contributed by atoms with Crippen LogP contribution in [0.4, 0.5) is 5.69 Å². The number of nitrogens with zero attached hydrogens (tertiary/aromatic N) is 1. The first-order valence-electron chi connectivity index (χ1n) is 7.86. The van der Waals surface area contributed by atoms with E-state index in [9.17, 15) is 9.59 Å². The quantitative estimate of drug-likeness (QED) is 0.682. The number of hydrogen-bond acceptors (Lipinski definition) is 4. The van der Waals surface area contributed by atoms with Crippen molar-refractivity contribution >= 4 is 29.2 Å². The molecule has 1 N–H and O–H groups in total. The van der Waals surface area contributed by atoms with Gasteiger partial charge in [-0.25, -0.2) is 4.79 Å². The van der Waals surface area contributed by atoms with Crippen molar-refractivity contribution in [2.75, 3.05) is 5.32 Å². The molecule has 1 aromatic heterocycles. The van der Waals surface area contributed by atoms with Crippen LogP contribution in [0.25, 0.3) is 0 Å². The first kappa shape index (κ1) is 17.6. The molecule has 0 atom stereocenters. The van der Waals surface area contributed by atoms with E-state index in [0.29, 0.717) is 22.0 Å². The van der Waals surface area contributed by atoms with E-state index >= 15 is 0 Å². The SMILES string of the molecule is O=C(Nc1ccccc1C(=O)OCc1ccccn1)c1ccc(Cl)cc1. The number of ether oxygens (including phenoxy) is 1. The largest absolute Gasteiger partial charge is 0.456 e.